The summed E-state index contributed by atoms with van der Waals surface area (Å²) in [7, 11) is -3.41. The number of hydrogen-bond acceptors (Lipinski definition) is 5. The highest BCUT2D eigenvalue weighted by Gasteiger charge is 2.23. The van der Waals surface area contributed by atoms with Gasteiger partial charge >= 0.3 is 0 Å². The number of aromatic nitrogens is 1. The van der Waals surface area contributed by atoms with Crippen molar-refractivity contribution in [2.45, 2.75) is 29.9 Å². The molecule has 0 bridgehead atoms. The first-order valence-electron chi connectivity index (χ1n) is 7.95. The third-order valence-electron chi connectivity index (χ3n) is 3.83. The lowest BCUT2D eigenvalue weighted by molar-refractivity contribution is -0.115. The van der Waals surface area contributed by atoms with Crippen LogP contribution in [-0.4, -0.2) is 24.6 Å². The molecule has 26 heavy (non-hydrogen) atoms. The molecule has 0 spiro atoms. The van der Waals surface area contributed by atoms with Gasteiger partial charge in [0.1, 0.15) is 0 Å². The van der Waals surface area contributed by atoms with Gasteiger partial charge in [-0.3, -0.25) is 4.79 Å². The molecular weight excluding hydrogens is 392 g/mol. The van der Waals surface area contributed by atoms with Crippen molar-refractivity contribution in [3.05, 3.63) is 53.1 Å². The maximum atomic E-state index is 12.3. The van der Waals surface area contributed by atoms with Gasteiger partial charge in [0.2, 0.25) is 20.1 Å². The molecule has 0 radical (unpaired) electrons. The number of carbonyl (C=O) groups is 1. The van der Waals surface area contributed by atoms with Gasteiger partial charge in [0.25, 0.3) is 0 Å². The van der Waals surface area contributed by atoms with E-state index in [4.69, 9.17) is 11.6 Å². The van der Waals surface area contributed by atoms with Crippen molar-refractivity contribution in [2.24, 2.45) is 0 Å². The molecule has 0 aliphatic rings. The fraction of sp³-hybridized carbons (Fsp3) is 0.222. The topological polar surface area (TPSA) is 76.1 Å². The smallest absolute Gasteiger partial charge is 0.228 e. The van der Waals surface area contributed by atoms with Gasteiger partial charge in [-0.1, -0.05) is 29.8 Å². The van der Waals surface area contributed by atoms with Crippen LogP contribution < -0.4 is 5.32 Å². The Kier molecular flexibility index (Phi) is 5.32. The van der Waals surface area contributed by atoms with Crippen LogP contribution in [0.4, 0.5) is 5.69 Å². The largest absolute Gasteiger partial charge is 0.326 e. The Balaban J connectivity index is 1.81. The third kappa shape index (κ3) is 3.90. The highest BCUT2D eigenvalue weighted by atomic mass is 35.5. The minimum absolute atomic E-state index is 0.0991. The van der Waals surface area contributed by atoms with Crippen LogP contribution >= 0.6 is 22.9 Å². The van der Waals surface area contributed by atoms with E-state index in [9.17, 15) is 13.2 Å². The van der Waals surface area contributed by atoms with Gasteiger partial charge in [0.15, 0.2) is 0 Å². The summed E-state index contributed by atoms with van der Waals surface area (Å²) in [6.45, 7) is 3.25. The Morgan fingerprint density at radius 1 is 1.23 bits per heavy atom. The van der Waals surface area contributed by atoms with Crippen LogP contribution in [-0.2, 0) is 21.1 Å². The first-order chi connectivity index (χ1) is 12.3. The maximum Gasteiger partial charge on any atom is 0.228 e. The molecule has 1 N–H and O–H groups in total. The SMILES string of the molecule is CC(C)S(=O)(=O)c1nc2ccc(NC(=O)Cc3ccccc3Cl)cc2s1. The van der Waals surface area contributed by atoms with Crippen LogP contribution in [0.2, 0.25) is 5.02 Å². The lowest BCUT2D eigenvalue weighted by Crippen LogP contribution is -2.14. The molecule has 0 atom stereocenters. The minimum atomic E-state index is -3.41. The number of sulfone groups is 1. The van der Waals surface area contributed by atoms with Gasteiger partial charge in [0, 0.05) is 10.7 Å². The molecule has 1 aromatic heterocycles. The summed E-state index contributed by atoms with van der Waals surface area (Å²) >= 11 is 7.19. The van der Waals surface area contributed by atoms with E-state index in [0.29, 0.717) is 20.9 Å². The lowest BCUT2D eigenvalue weighted by Gasteiger charge is -2.06. The number of carbonyl (C=O) groups excluding carboxylic acids is 1. The molecule has 5 nitrogen and oxygen atoms in total. The van der Waals surface area contributed by atoms with E-state index in [-0.39, 0.29) is 16.7 Å². The quantitative estimate of drug-likeness (QED) is 0.682. The number of nitrogens with one attached hydrogen (secondary N) is 1. The number of thiazole rings is 1. The Morgan fingerprint density at radius 3 is 2.65 bits per heavy atom. The normalized spacial score (nSPS) is 11.8. The van der Waals surface area contributed by atoms with Crippen LogP contribution in [0.15, 0.2) is 46.8 Å². The number of fused-ring (bicyclic) bond motifs is 1. The van der Waals surface area contributed by atoms with Crippen LogP contribution in [0.1, 0.15) is 19.4 Å². The van der Waals surface area contributed by atoms with E-state index in [2.05, 4.69) is 10.3 Å². The molecule has 2 aromatic carbocycles. The van der Waals surface area contributed by atoms with Crippen LogP contribution in [0.5, 0.6) is 0 Å². The number of nitrogens with zero attached hydrogens (tertiary/aromatic N) is 1. The zero-order valence-corrected chi connectivity index (χ0v) is 16.6. The van der Waals surface area contributed by atoms with Crippen LogP contribution in [0.3, 0.4) is 0 Å². The highest BCUT2D eigenvalue weighted by Crippen LogP contribution is 2.30. The van der Waals surface area contributed by atoms with E-state index < -0.39 is 15.1 Å². The monoisotopic (exact) mass is 408 g/mol. The molecule has 0 fully saturated rings. The highest BCUT2D eigenvalue weighted by molar-refractivity contribution is 7.94. The van der Waals surface area contributed by atoms with Crippen LogP contribution in [0.25, 0.3) is 10.2 Å². The predicted molar refractivity (Wildman–Crippen MR) is 106 cm³/mol. The zero-order chi connectivity index (χ0) is 18.9. The van der Waals surface area contributed by atoms with Gasteiger partial charge in [0.05, 0.1) is 21.9 Å². The molecule has 0 saturated carbocycles. The first-order valence-corrected chi connectivity index (χ1v) is 10.7. The minimum Gasteiger partial charge on any atom is -0.326 e. The fourth-order valence-corrected chi connectivity index (χ4v) is 5.20. The number of benzene rings is 2. The van der Waals surface area contributed by atoms with Gasteiger partial charge < -0.3 is 5.32 Å². The van der Waals surface area contributed by atoms with Crippen molar-refractivity contribution >= 4 is 54.6 Å². The Hall–Kier alpha value is -1.96. The average Bonchev–Trinajstić information content (AvgIpc) is 3.01. The summed E-state index contributed by atoms with van der Waals surface area (Å²) in [5.74, 6) is -0.197. The van der Waals surface area contributed by atoms with E-state index in [1.165, 1.54) is 0 Å². The summed E-state index contributed by atoms with van der Waals surface area (Å²) in [6.07, 6.45) is 0.160. The molecule has 136 valence electrons. The molecule has 8 heteroatoms. The van der Waals surface area contributed by atoms with Gasteiger partial charge in [-0.25, -0.2) is 13.4 Å². The second-order valence-electron chi connectivity index (χ2n) is 6.07. The second-order valence-corrected chi connectivity index (χ2v) is 10.2. The first kappa shape index (κ1) is 18.8. The summed E-state index contributed by atoms with van der Waals surface area (Å²) < 4.78 is 25.3. The maximum absolute atomic E-state index is 12.3. The molecular formula is C18H17ClN2O3S2. The summed E-state index contributed by atoms with van der Waals surface area (Å²) in [5.41, 5.74) is 1.93. The average molecular weight is 409 g/mol. The molecule has 1 amide bonds. The van der Waals surface area contributed by atoms with Gasteiger partial charge in [-0.15, -0.1) is 11.3 Å². The number of halogens is 1. The summed E-state index contributed by atoms with van der Waals surface area (Å²) in [4.78, 5) is 16.5. The Morgan fingerprint density at radius 2 is 1.96 bits per heavy atom. The molecule has 0 aliphatic heterocycles. The molecule has 0 unspecified atom stereocenters. The third-order valence-corrected chi connectivity index (χ3v) is 7.77. The molecule has 0 saturated heterocycles. The number of amides is 1. The van der Waals surface area contributed by atoms with Crippen molar-refractivity contribution in [2.75, 3.05) is 5.32 Å². The standard InChI is InChI=1S/C18H17ClN2O3S2/c1-11(2)26(23,24)18-21-15-8-7-13(10-16(15)25-18)20-17(22)9-12-5-3-4-6-14(12)19/h3-8,10-11H,9H2,1-2H3,(H,20,22). The second kappa shape index (κ2) is 7.34. The van der Waals surface area contributed by atoms with E-state index in [0.717, 1.165) is 16.9 Å². The zero-order valence-electron chi connectivity index (χ0n) is 14.2. The Bertz CT molecular complexity index is 1070. The lowest BCUT2D eigenvalue weighted by atomic mass is 10.1. The van der Waals surface area contributed by atoms with Crippen molar-refractivity contribution in [3.63, 3.8) is 0 Å². The van der Waals surface area contributed by atoms with E-state index in [1.54, 1.807) is 44.2 Å². The summed E-state index contributed by atoms with van der Waals surface area (Å²) in [6, 6.07) is 12.3. The molecule has 3 rings (SSSR count). The van der Waals surface area contributed by atoms with Gasteiger partial charge in [-0.2, -0.15) is 0 Å². The van der Waals surface area contributed by atoms with E-state index >= 15 is 0 Å². The Labute approximate surface area is 160 Å². The predicted octanol–water partition coefficient (Wildman–Crippen LogP) is 4.31. The van der Waals surface area contributed by atoms with Crippen molar-refractivity contribution in [1.29, 1.82) is 0 Å². The van der Waals surface area contributed by atoms with Crippen molar-refractivity contribution < 1.29 is 13.2 Å². The molecule has 1 heterocycles. The van der Waals surface area contributed by atoms with Crippen molar-refractivity contribution in [1.82, 2.24) is 4.98 Å². The fourth-order valence-electron chi connectivity index (χ4n) is 2.32. The number of hydrogen-bond donors (Lipinski definition) is 1. The van der Waals surface area contributed by atoms with Gasteiger partial charge in [-0.05, 0) is 43.7 Å². The number of anilines is 1. The number of rotatable bonds is 5. The summed E-state index contributed by atoms with van der Waals surface area (Å²) in [5, 5.41) is 2.83. The van der Waals surface area contributed by atoms with E-state index in [1.807, 2.05) is 12.1 Å². The molecule has 3 aromatic rings. The molecule has 0 aliphatic carbocycles. The van der Waals surface area contributed by atoms with Crippen molar-refractivity contribution in [3.8, 4) is 0 Å². The van der Waals surface area contributed by atoms with Crippen LogP contribution in [0, 0.1) is 0 Å².